The SMILES string of the molecule is CC(C)NCCCC(C)OC1CCC(C)C(C)C1. The molecule has 0 spiro atoms. The first kappa shape index (κ1) is 16.0. The maximum atomic E-state index is 6.19. The Labute approximate surface area is 114 Å². The third-order valence-electron chi connectivity index (χ3n) is 4.31. The first-order chi connectivity index (χ1) is 8.49. The zero-order chi connectivity index (χ0) is 13.5. The van der Waals surface area contributed by atoms with Gasteiger partial charge in [-0.3, -0.25) is 0 Å². The van der Waals surface area contributed by atoms with Crippen LogP contribution in [0.1, 0.15) is 66.7 Å². The fourth-order valence-corrected chi connectivity index (χ4v) is 2.80. The summed E-state index contributed by atoms with van der Waals surface area (Å²) in [6.45, 7) is 12.5. The molecule has 108 valence electrons. The molecule has 2 heteroatoms. The predicted octanol–water partition coefficient (Wildman–Crippen LogP) is 3.99. The van der Waals surface area contributed by atoms with Gasteiger partial charge in [0.05, 0.1) is 12.2 Å². The van der Waals surface area contributed by atoms with Gasteiger partial charge in [0, 0.05) is 6.04 Å². The molecular weight excluding hydrogens is 222 g/mol. The van der Waals surface area contributed by atoms with Crippen molar-refractivity contribution < 1.29 is 4.74 Å². The van der Waals surface area contributed by atoms with E-state index in [1.165, 1.54) is 32.1 Å². The van der Waals surface area contributed by atoms with Crippen LogP contribution in [-0.2, 0) is 4.74 Å². The molecule has 0 aromatic heterocycles. The molecule has 1 fully saturated rings. The van der Waals surface area contributed by atoms with Crippen LogP contribution in [0.2, 0.25) is 0 Å². The monoisotopic (exact) mass is 255 g/mol. The van der Waals surface area contributed by atoms with Crippen LogP contribution in [0.25, 0.3) is 0 Å². The van der Waals surface area contributed by atoms with Gasteiger partial charge in [-0.1, -0.05) is 27.7 Å². The Morgan fingerprint density at radius 1 is 1.11 bits per heavy atom. The summed E-state index contributed by atoms with van der Waals surface area (Å²) in [7, 11) is 0. The summed E-state index contributed by atoms with van der Waals surface area (Å²) in [5.74, 6) is 1.72. The lowest BCUT2D eigenvalue weighted by molar-refractivity contribution is -0.0428. The second-order valence-corrected chi connectivity index (χ2v) is 6.59. The van der Waals surface area contributed by atoms with Crippen molar-refractivity contribution in [3.05, 3.63) is 0 Å². The Bertz CT molecular complexity index is 217. The molecule has 2 nitrogen and oxygen atoms in total. The molecular formula is C16H33NO. The van der Waals surface area contributed by atoms with Crippen molar-refractivity contribution in [2.24, 2.45) is 11.8 Å². The van der Waals surface area contributed by atoms with E-state index in [1.54, 1.807) is 0 Å². The van der Waals surface area contributed by atoms with Crippen molar-refractivity contribution in [1.29, 1.82) is 0 Å². The van der Waals surface area contributed by atoms with Gasteiger partial charge in [-0.05, 0) is 57.4 Å². The molecule has 0 aromatic rings. The lowest BCUT2D eigenvalue weighted by Crippen LogP contribution is -2.30. The summed E-state index contributed by atoms with van der Waals surface area (Å²) in [6, 6.07) is 0.599. The minimum Gasteiger partial charge on any atom is -0.375 e. The molecule has 0 saturated heterocycles. The molecule has 0 heterocycles. The van der Waals surface area contributed by atoms with Gasteiger partial charge in [-0.15, -0.1) is 0 Å². The highest BCUT2D eigenvalue weighted by molar-refractivity contribution is 4.76. The number of nitrogens with one attached hydrogen (secondary N) is 1. The van der Waals surface area contributed by atoms with E-state index in [-0.39, 0.29) is 0 Å². The Hall–Kier alpha value is -0.0800. The van der Waals surface area contributed by atoms with Crippen LogP contribution in [-0.4, -0.2) is 24.8 Å². The molecule has 1 saturated carbocycles. The van der Waals surface area contributed by atoms with Gasteiger partial charge >= 0.3 is 0 Å². The average molecular weight is 255 g/mol. The van der Waals surface area contributed by atoms with Crippen LogP contribution in [0.15, 0.2) is 0 Å². The van der Waals surface area contributed by atoms with Crippen LogP contribution in [0.4, 0.5) is 0 Å². The molecule has 18 heavy (non-hydrogen) atoms. The van der Waals surface area contributed by atoms with Gasteiger partial charge in [0.25, 0.3) is 0 Å². The van der Waals surface area contributed by atoms with Crippen LogP contribution >= 0.6 is 0 Å². The smallest absolute Gasteiger partial charge is 0.0581 e. The number of rotatable bonds is 7. The van der Waals surface area contributed by atoms with E-state index in [1.807, 2.05) is 0 Å². The van der Waals surface area contributed by atoms with Crippen molar-refractivity contribution >= 4 is 0 Å². The van der Waals surface area contributed by atoms with Crippen LogP contribution in [0.5, 0.6) is 0 Å². The van der Waals surface area contributed by atoms with Crippen molar-refractivity contribution in [3.63, 3.8) is 0 Å². The third-order valence-corrected chi connectivity index (χ3v) is 4.31. The van der Waals surface area contributed by atoms with Crippen LogP contribution in [0.3, 0.4) is 0 Å². The van der Waals surface area contributed by atoms with E-state index in [0.29, 0.717) is 18.2 Å². The zero-order valence-corrected chi connectivity index (χ0v) is 13.0. The van der Waals surface area contributed by atoms with Crippen molar-refractivity contribution in [2.45, 2.75) is 85.0 Å². The molecule has 1 aliphatic carbocycles. The summed E-state index contributed by atoms with van der Waals surface area (Å²) in [6.07, 6.45) is 7.20. The van der Waals surface area contributed by atoms with Gasteiger partial charge in [0.2, 0.25) is 0 Å². The third kappa shape index (κ3) is 6.19. The van der Waals surface area contributed by atoms with Gasteiger partial charge in [0.1, 0.15) is 0 Å². The Balaban J connectivity index is 2.10. The molecule has 1 aliphatic rings. The van der Waals surface area contributed by atoms with Crippen molar-refractivity contribution in [3.8, 4) is 0 Å². The molecule has 0 aromatic carbocycles. The molecule has 0 radical (unpaired) electrons. The number of hydrogen-bond acceptors (Lipinski definition) is 2. The average Bonchev–Trinajstić information content (AvgIpc) is 2.29. The van der Waals surface area contributed by atoms with Gasteiger partial charge in [0.15, 0.2) is 0 Å². The summed E-state index contributed by atoms with van der Waals surface area (Å²) in [4.78, 5) is 0. The van der Waals surface area contributed by atoms with Crippen molar-refractivity contribution in [2.75, 3.05) is 6.54 Å². The number of ether oxygens (including phenoxy) is 1. The zero-order valence-electron chi connectivity index (χ0n) is 13.0. The fourth-order valence-electron chi connectivity index (χ4n) is 2.80. The van der Waals surface area contributed by atoms with Gasteiger partial charge in [-0.2, -0.15) is 0 Å². The molecule has 0 aliphatic heterocycles. The number of hydrogen-bond donors (Lipinski definition) is 1. The standard InChI is InChI=1S/C16H33NO/c1-12(2)17-10-6-7-15(5)18-16-9-8-13(3)14(4)11-16/h12-17H,6-11H2,1-5H3. The van der Waals surface area contributed by atoms with E-state index >= 15 is 0 Å². The van der Waals surface area contributed by atoms with E-state index < -0.39 is 0 Å². The normalized spacial score (nSPS) is 30.7. The second-order valence-electron chi connectivity index (χ2n) is 6.59. The second kappa shape index (κ2) is 8.16. The van der Waals surface area contributed by atoms with Gasteiger partial charge < -0.3 is 10.1 Å². The first-order valence-electron chi connectivity index (χ1n) is 7.87. The quantitative estimate of drug-likeness (QED) is 0.694. The van der Waals surface area contributed by atoms with Crippen LogP contribution in [0, 0.1) is 11.8 Å². The molecule has 0 bridgehead atoms. The Morgan fingerprint density at radius 2 is 1.83 bits per heavy atom. The molecule has 1 rings (SSSR count). The first-order valence-corrected chi connectivity index (χ1v) is 7.87. The Kier molecular flexibility index (Phi) is 7.25. The summed E-state index contributed by atoms with van der Waals surface area (Å²) < 4.78 is 6.19. The van der Waals surface area contributed by atoms with Crippen molar-refractivity contribution in [1.82, 2.24) is 5.32 Å². The molecule has 1 N–H and O–H groups in total. The summed E-state index contributed by atoms with van der Waals surface area (Å²) in [5.41, 5.74) is 0. The highest BCUT2D eigenvalue weighted by atomic mass is 16.5. The van der Waals surface area contributed by atoms with E-state index in [2.05, 4.69) is 39.9 Å². The van der Waals surface area contributed by atoms with E-state index in [0.717, 1.165) is 18.4 Å². The maximum absolute atomic E-state index is 6.19. The topological polar surface area (TPSA) is 21.3 Å². The largest absolute Gasteiger partial charge is 0.375 e. The highest BCUT2D eigenvalue weighted by Crippen LogP contribution is 2.31. The molecule has 4 atom stereocenters. The predicted molar refractivity (Wildman–Crippen MR) is 78.9 cm³/mol. The van der Waals surface area contributed by atoms with E-state index in [9.17, 15) is 0 Å². The van der Waals surface area contributed by atoms with Crippen LogP contribution < -0.4 is 5.32 Å². The Morgan fingerprint density at radius 3 is 2.44 bits per heavy atom. The highest BCUT2D eigenvalue weighted by Gasteiger charge is 2.25. The minimum absolute atomic E-state index is 0.421. The van der Waals surface area contributed by atoms with Gasteiger partial charge in [-0.25, -0.2) is 0 Å². The summed E-state index contributed by atoms with van der Waals surface area (Å²) in [5, 5.41) is 3.46. The fraction of sp³-hybridized carbons (Fsp3) is 1.00. The van der Waals surface area contributed by atoms with E-state index in [4.69, 9.17) is 4.74 Å². The summed E-state index contributed by atoms with van der Waals surface area (Å²) >= 11 is 0. The molecule has 4 unspecified atom stereocenters. The lowest BCUT2D eigenvalue weighted by Gasteiger charge is -2.33. The maximum Gasteiger partial charge on any atom is 0.0581 e. The minimum atomic E-state index is 0.421. The molecule has 0 amide bonds. The lowest BCUT2D eigenvalue weighted by atomic mass is 9.80.